The summed E-state index contributed by atoms with van der Waals surface area (Å²) < 4.78 is 6.25. The van der Waals surface area contributed by atoms with E-state index in [0.717, 1.165) is 45.1 Å². The predicted octanol–water partition coefficient (Wildman–Crippen LogP) is 6.69. The third kappa shape index (κ3) is 5.28. The molecule has 2 heterocycles. The van der Waals surface area contributed by atoms with Gasteiger partial charge < -0.3 is 25.1 Å². The van der Waals surface area contributed by atoms with Gasteiger partial charge in [-0.1, -0.05) is 60.7 Å². The number of piperazine rings is 1. The van der Waals surface area contributed by atoms with Gasteiger partial charge in [-0.25, -0.2) is 9.59 Å². The van der Waals surface area contributed by atoms with Gasteiger partial charge in [0, 0.05) is 49.1 Å². The lowest BCUT2D eigenvalue weighted by Gasteiger charge is -2.33. The third-order valence-electron chi connectivity index (χ3n) is 7.11. The maximum absolute atomic E-state index is 13.0. The number of nitrogens with zero attached hydrogens (tertiary/aromatic N) is 2. The van der Waals surface area contributed by atoms with E-state index in [1.807, 2.05) is 84.9 Å². The van der Waals surface area contributed by atoms with Crippen LogP contribution in [0.2, 0.25) is 0 Å². The van der Waals surface area contributed by atoms with Gasteiger partial charge in [-0.15, -0.1) is 0 Å². The Hall–Kier alpha value is -4.82. The molecule has 5 aromatic rings. The van der Waals surface area contributed by atoms with Crippen molar-refractivity contribution in [2.75, 3.05) is 36.8 Å². The number of urea groups is 1. The second-order valence-electron chi connectivity index (χ2n) is 9.68. The summed E-state index contributed by atoms with van der Waals surface area (Å²) in [5.41, 5.74) is 4.04. The first kappa shape index (κ1) is 24.5. The fourth-order valence-electron chi connectivity index (χ4n) is 5.08. The first-order valence-electron chi connectivity index (χ1n) is 12.9. The quantitative estimate of drug-likeness (QED) is 0.240. The Morgan fingerprint density at radius 3 is 2.33 bits per heavy atom. The number of carboxylic acid groups (broad SMARTS) is 1. The average Bonchev–Trinajstić information content (AvgIpc) is 3.37. The molecule has 4 aromatic carbocycles. The van der Waals surface area contributed by atoms with Gasteiger partial charge in [0.15, 0.2) is 0 Å². The SMILES string of the molecule is O=C(Nc1ccccc1-c1cc2ccc(CN3CCN(C(=O)O)CC3)cc2o1)Nc1cccc2ccccc12. The molecule has 1 fully saturated rings. The molecule has 6 rings (SSSR count). The van der Waals surface area contributed by atoms with Crippen molar-refractivity contribution in [3.05, 3.63) is 96.6 Å². The van der Waals surface area contributed by atoms with E-state index in [9.17, 15) is 9.59 Å². The van der Waals surface area contributed by atoms with Gasteiger partial charge in [-0.2, -0.15) is 0 Å². The molecular formula is C31H28N4O4. The molecule has 0 bridgehead atoms. The van der Waals surface area contributed by atoms with Crippen molar-refractivity contribution in [1.29, 1.82) is 0 Å². The monoisotopic (exact) mass is 520 g/mol. The minimum absolute atomic E-state index is 0.333. The van der Waals surface area contributed by atoms with Crippen LogP contribution in [-0.2, 0) is 6.54 Å². The highest BCUT2D eigenvalue weighted by Crippen LogP contribution is 2.33. The van der Waals surface area contributed by atoms with Gasteiger partial charge in [-0.3, -0.25) is 4.90 Å². The van der Waals surface area contributed by atoms with Crippen molar-refractivity contribution in [2.24, 2.45) is 0 Å². The van der Waals surface area contributed by atoms with E-state index < -0.39 is 6.09 Å². The number of benzene rings is 4. The summed E-state index contributed by atoms with van der Waals surface area (Å²) in [5.74, 6) is 0.665. The smallest absolute Gasteiger partial charge is 0.407 e. The van der Waals surface area contributed by atoms with Crippen LogP contribution in [0.25, 0.3) is 33.1 Å². The lowest BCUT2D eigenvalue weighted by atomic mass is 10.1. The van der Waals surface area contributed by atoms with E-state index in [1.54, 1.807) is 0 Å². The van der Waals surface area contributed by atoms with E-state index in [1.165, 1.54) is 4.90 Å². The zero-order valence-corrected chi connectivity index (χ0v) is 21.3. The fourth-order valence-corrected chi connectivity index (χ4v) is 5.08. The summed E-state index contributed by atoms with van der Waals surface area (Å²) in [6, 6.07) is 29.1. The number of carbonyl (C=O) groups is 2. The minimum Gasteiger partial charge on any atom is -0.465 e. The molecule has 39 heavy (non-hydrogen) atoms. The summed E-state index contributed by atoms with van der Waals surface area (Å²) in [6.45, 7) is 3.16. The average molecular weight is 521 g/mol. The summed E-state index contributed by atoms with van der Waals surface area (Å²) in [5, 5.41) is 18.1. The second kappa shape index (κ2) is 10.5. The van der Waals surface area contributed by atoms with Crippen LogP contribution in [0.3, 0.4) is 0 Å². The lowest BCUT2D eigenvalue weighted by molar-refractivity contribution is 0.103. The van der Waals surface area contributed by atoms with Crippen LogP contribution in [0.5, 0.6) is 0 Å². The Labute approximate surface area is 225 Å². The number of hydrogen-bond acceptors (Lipinski definition) is 4. The molecule has 0 atom stereocenters. The maximum atomic E-state index is 13.0. The number of hydrogen-bond donors (Lipinski definition) is 3. The maximum Gasteiger partial charge on any atom is 0.407 e. The van der Waals surface area contributed by atoms with Crippen molar-refractivity contribution >= 4 is 45.2 Å². The molecule has 1 aromatic heterocycles. The number of rotatable bonds is 5. The highest BCUT2D eigenvalue weighted by molar-refractivity contribution is 6.07. The van der Waals surface area contributed by atoms with Crippen LogP contribution >= 0.6 is 0 Å². The summed E-state index contributed by atoms with van der Waals surface area (Å²) >= 11 is 0. The number of furan rings is 1. The van der Waals surface area contributed by atoms with Crippen LogP contribution < -0.4 is 10.6 Å². The standard InChI is InChI=1S/C31H28N4O4/c36-30(32-26-11-5-7-22-6-1-2-8-24(22)26)33-27-10-4-3-9-25(27)29-19-23-13-12-21(18-28(23)39-29)20-34-14-16-35(17-15-34)31(37)38/h1-13,18-19H,14-17,20H2,(H,37,38)(H2,32,33,36). The van der Waals surface area contributed by atoms with Crippen LogP contribution in [0.4, 0.5) is 21.0 Å². The number of para-hydroxylation sites is 1. The van der Waals surface area contributed by atoms with Crippen LogP contribution in [0.1, 0.15) is 5.56 Å². The zero-order valence-electron chi connectivity index (χ0n) is 21.3. The Morgan fingerprint density at radius 1 is 0.769 bits per heavy atom. The summed E-state index contributed by atoms with van der Waals surface area (Å²) in [7, 11) is 0. The largest absolute Gasteiger partial charge is 0.465 e. The molecule has 0 aliphatic carbocycles. The van der Waals surface area contributed by atoms with E-state index in [2.05, 4.69) is 21.6 Å². The van der Waals surface area contributed by atoms with Crippen molar-refractivity contribution in [3.8, 4) is 11.3 Å². The Bertz CT molecular complexity index is 1660. The highest BCUT2D eigenvalue weighted by atomic mass is 16.4. The van der Waals surface area contributed by atoms with Crippen LogP contribution in [0, 0.1) is 0 Å². The fraction of sp³-hybridized carbons (Fsp3) is 0.161. The molecule has 0 spiro atoms. The van der Waals surface area contributed by atoms with Gasteiger partial charge in [0.1, 0.15) is 11.3 Å². The number of amides is 3. The molecule has 3 N–H and O–H groups in total. The van der Waals surface area contributed by atoms with Crippen molar-refractivity contribution in [1.82, 2.24) is 9.80 Å². The number of anilines is 2. The molecule has 0 saturated carbocycles. The van der Waals surface area contributed by atoms with Gasteiger partial charge in [0.05, 0.1) is 11.4 Å². The van der Waals surface area contributed by atoms with Crippen molar-refractivity contribution in [3.63, 3.8) is 0 Å². The van der Waals surface area contributed by atoms with Gasteiger partial charge in [0.25, 0.3) is 0 Å². The van der Waals surface area contributed by atoms with Gasteiger partial charge >= 0.3 is 12.1 Å². The number of fused-ring (bicyclic) bond motifs is 2. The van der Waals surface area contributed by atoms with E-state index in [0.29, 0.717) is 37.6 Å². The van der Waals surface area contributed by atoms with Crippen molar-refractivity contribution in [2.45, 2.75) is 6.54 Å². The molecule has 1 saturated heterocycles. The number of carbonyl (C=O) groups excluding carboxylic acids is 1. The molecule has 8 heteroatoms. The third-order valence-corrected chi connectivity index (χ3v) is 7.11. The molecule has 1 aliphatic heterocycles. The van der Waals surface area contributed by atoms with Crippen molar-refractivity contribution < 1.29 is 19.1 Å². The lowest BCUT2D eigenvalue weighted by Crippen LogP contribution is -2.47. The van der Waals surface area contributed by atoms with E-state index in [-0.39, 0.29) is 6.03 Å². The normalized spacial score (nSPS) is 14.0. The summed E-state index contributed by atoms with van der Waals surface area (Å²) in [6.07, 6.45) is -0.861. The Morgan fingerprint density at radius 2 is 1.49 bits per heavy atom. The van der Waals surface area contributed by atoms with Gasteiger partial charge in [0.2, 0.25) is 0 Å². The Balaban J connectivity index is 1.18. The first-order valence-corrected chi connectivity index (χ1v) is 12.9. The minimum atomic E-state index is -0.861. The molecule has 8 nitrogen and oxygen atoms in total. The van der Waals surface area contributed by atoms with Crippen LogP contribution in [0.15, 0.2) is 95.4 Å². The second-order valence-corrected chi connectivity index (χ2v) is 9.68. The topological polar surface area (TPSA) is 98.1 Å². The van der Waals surface area contributed by atoms with E-state index >= 15 is 0 Å². The first-order chi connectivity index (χ1) is 19.0. The van der Waals surface area contributed by atoms with E-state index in [4.69, 9.17) is 9.52 Å². The zero-order chi connectivity index (χ0) is 26.8. The molecule has 0 radical (unpaired) electrons. The molecule has 196 valence electrons. The molecular weight excluding hydrogens is 492 g/mol. The predicted molar refractivity (Wildman–Crippen MR) is 153 cm³/mol. The molecule has 0 unspecified atom stereocenters. The highest BCUT2D eigenvalue weighted by Gasteiger charge is 2.20. The summed E-state index contributed by atoms with van der Waals surface area (Å²) in [4.78, 5) is 27.8. The van der Waals surface area contributed by atoms with Gasteiger partial charge in [-0.05, 0) is 41.3 Å². The Kier molecular flexibility index (Phi) is 6.61. The number of nitrogens with one attached hydrogen (secondary N) is 2. The molecule has 1 aliphatic rings. The molecule has 3 amide bonds. The van der Waals surface area contributed by atoms with Crippen LogP contribution in [-0.4, -0.2) is 53.2 Å².